The number of likely N-dealkylation sites (tertiary alicyclic amines) is 1. The molecule has 1 amide bonds. The van der Waals surface area contributed by atoms with Crippen LogP contribution in [0.3, 0.4) is 0 Å². The summed E-state index contributed by atoms with van der Waals surface area (Å²) in [5, 5.41) is 0. The second-order valence-electron chi connectivity index (χ2n) is 5.64. The van der Waals surface area contributed by atoms with Crippen LogP contribution >= 0.6 is 0 Å². The van der Waals surface area contributed by atoms with Crippen molar-refractivity contribution < 1.29 is 23.5 Å². The van der Waals surface area contributed by atoms with Gasteiger partial charge in [-0.05, 0) is 27.7 Å². The fourth-order valence-corrected chi connectivity index (χ4v) is 1.91. The van der Waals surface area contributed by atoms with Crippen LogP contribution in [0.5, 0.6) is 0 Å². The Balaban J connectivity index is 2.69. The maximum absolute atomic E-state index is 13.5. The van der Waals surface area contributed by atoms with E-state index in [1.54, 1.807) is 27.7 Å². The topological polar surface area (TPSA) is 55.8 Å². The summed E-state index contributed by atoms with van der Waals surface area (Å²) in [7, 11) is 0. The highest BCUT2D eigenvalue weighted by Gasteiger charge is 2.36. The molecule has 1 saturated heterocycles. The van der Waals surface area contributed by atoms with Gasteiger partial charge in [0.25, 0.3) is 0 Å². The number of rotatable bonds is 3. The molecule has 0 aliphatic carbocycles. The number of amides is 1. The summed E-state index contributed by atoms with van der Waals surface area (Å²) < 4.78 is 23.5. The molecule has 1 aliphatic rings. The lowest BCUT2D eigenvalue weighted by Crippen LogP contribution is -2.39. The van der Waals surface area contributed by atoms with E-state index in [0.29, 0.717) is 0 Å². The van der Waals surface area contributed by atoms with Crippen LogP contribution in [0.1, 0.15) is 34.1 Å². The Morgan fingerprint density at radius 2 is 2.05 bits per heavy atom. The van der Waals surface area contributed by atoms with Crippen LogP contribution in [0, 0.1) is 0 Å². The van der Waals surface area contributed by atoms with Crippen LogP contribution in [-0.4, -0.2) is 47.9 Å². The zero-order valence-electron chi connectivity index (χ0n) is 12.4. The van der Waals surface area contributed by atoms with E-state index in [4.69, 9.17) is 9.47 Å². The molecule has 0 aromatic heterocycles. The molecule has 1 aliphatic heterocycles. The van der Waals surface area contributed by atoms with Crippen molar-refractivity contribution in [1.82, 2.24) is 4.90 Å². The van der Waals surface area contributed by atoms with Crippen molar-refractivity contribution >= 4 is 12.1 Å². The lowest BCUT2D eigenvalue weighted by molar-refractivity contribution is -0.137. The van der Waals surface area contributed by atoms with Crippen molar-refractivity contribution in [3.05, 3.63) is 12.2 Å². The molecule has 0 radical (unpaired) electrons. The highest BCUT2D eigenvalue weighted by Crippen LogP contribution is 2.24. The molecule has 0 aromatic carbocycles. The molecule has 0 saturated carbocycles. The molecule has 5 nitrogen and oxygen atoms in total. The van der Waals surface area contributed by atoms with Gasteiger partial charge in [-0.15, -0.1) is 0 Å². The zero-order chi connectivity index (χ0) is 15.3. The number of carbonyl (C=O) groups excluding carboxylic acids is 2. The number of halogens is 1. The minimum absolute atomic E-state index is 0.0211. The summed E-state index contributed by atoms with van der Waals surface area (Å²) in [6.45, 7) is 7.19. The smallest absolute Gasteiger partial charge is 0.410 e. The molecule has 1 rings (SSSR count). The van der Waals surface area contributed by atoms with Gasteiger partial charge in [0.2, 0.25) is 0 Å². The predicted octanol–water partition coefficient (Wildman–Crippen LogP) is 2.45. The minimum Gasteiger partial charge on any atom is -0.463 e. The zero-order valence-corrected chi connectivity index (χ0v) is 12.4. The van der Waals surface area contributed by atoms with Crippen molar-refractivity contribution in [3.8, 4) is 0 Å². The highest BCUT2D eigenvalue weighted by molar-refractivity contribution is 5.82. The first-order valence-electron chi connectivity index (χ1n) is 6.71. The van der Waals surface area contributed by atoms with Gasteiger partial charge in [0.05, 0.1) is 19.2 Å². The standard InChI is InChI=1S/C14H22FNO4/c1-5-19-12(17)7-6-11-8-10(15)9-16(11)13(18)20-14(2,3)4/h6-7,10-11H,5,8-9H2,1-4H3/b7-6+/t10-,11-/m1/s1. The van der Waals surface area contributed by atoms with Crippen LogP contribution < -0.4 is 0 Å². The predicted molar refractivity (Wildman–Crippen MR) is 72.0 cm³/mol. The fourth-order valence-electron chi connectivity index (χ4n) is 1.91. The summed E-state index contributed by atoms with van der Waals surface area (Å²) >= 11 is 0. The second kappa shape index (κ2) is 6.72. The number of nitrogens with zero attached hydrogens (tertiary/aromatic N) is 1. The van der Waals surface area contributed by atoms with Crippen molar-refractivity contribution in [1.29, 1.82) is 0 Å². The monoisotopic (exact) mass is 287 g/mol. The number of alkyl halides is 1. The Kier molecular flexibility index (Phi) is 5.53. The van der Waals surface area contributed by atoms with E-state index in [-0.39, 0.29) is 19.6 Å². The molecule has 1 fully saturated rings. The Hall–Kier alpha value is -1.59. The van der Waals surface area contributed by atoms with Crippen LogP contribution in [0.4, 0.5) is 9.18 Å². The lowest BCUT2D eigenvalue weighted by atomic mass is 10.2. The van der Waals surface area contributed by atoms with Crippen LogP contribution in [-0.2, 0) is 14.3 Å². The normalized spacial score (nSPS) is 23.1. The Bertz CT molecular complexity index is 389. The number of esters is 1. The van der Waals surface area contributed by atoms with Gasteiger partial charge >= 0.3 is 12.1 Å². The molecule has 0 spiro atoms. The molecule has 114 valence electrons. The average Bonchev–Trinajstić information content (AvgIpc) is 2.66. The Labute approximate surface area is 118 Å². The Morgan fingerprint density at radius 1 is 1.40 bits per heavy atom. The molecule has 0 aromatic rings. The van der Waals surface area contributed by atoms with E-state index in [9.17, 15) is 14.0 Å². The average molecular weight is 287 g/mol. The van der Waals surface area contributed by atoms with Gasteiger partial charge in [-0.25, -0.2) is 14.0 Å². The largest absolute Gasteiger partial charge is 0.463 e. The van der Waals surface area contributed by atoms with Crippen molar-refractivity contribution in [3.63, 3.8) is 0 Å². The quantitative estimate of drug-likeness (QED) is 0.591. The van der Waals surface area contributed by atoms with Gasteiger partial charge in [-0.2, -0.15) is 0 Å². The molecular formula is C14H22FNO4. The first-order chi connectivity index (χ1) is 9.23. The molecule has 0 unspecified atom stereocenters. The van der Waals surface area contributed by atoms with Gasteiger partial charge in [0.15, 0.2) is 0 Å². The molecule has 20 heavy (non-hydrogen) atoms. The number of carbonyl (C=O) groups is 2. The highest BCUT2D eigenvalue weighted by atomic mass is 19.1. The van der Waals surface area contributed by atoms with Gasteiger partial charge in [0, 0.05) is 12.5 Å². The third-order valence-electron chi connectivity index (χ3n) is 2.66. The maximum Gasteiger partial charge on any atom is 0.410 e. The number of hydrogen-bond donors (Lipinski definition) is 0. The van der Waals surface area contributed by atoms with Crippen LogP contribution in [0.25, 0.3) is 0 Å². The summed E-state index contributed by atoms with van der Waals surface area (Å²) in [5.74, 6) is -0.501. The van der Waals surface area contributed by atoms with Crippen LogP contribution in [0.15, 0.2) is 12.2 Å². The van der Waals surface area contributed by atoms with Gasteiger partial charge in [-0.1, -0.05) is 6.08 Å². The van der Waals surface area contributed by atoms with E-state index in [2.05, 4.69) is 0 Å². The SMILES string of the molecule is CCOC(=O)/C=C/[C@@H]1C[C@@H](F)CN1C(=O)OC(C)(C)C. The molecular weight excluding hydrogens is 265 g/mol. The maximum atomic E-state index is 13.5. The summed E-state index contributed by atoms with van der Waals surface area (Å²) in [5.41, 5.74) is -0.638. The summed E-state index contributed by atoms with van der Waals surface area (Å²) in [6.07, 6.45) is 1.19. The number of hydrogen-bond acceptors (Lipinski definition) is 4. The van der Waals surface area contributed by atoms with Gasteiger partial charge in [0.1, 0.15) is 11.8 Å². The van der Waals surface area contributed by atoms with Gasteiger partial charge < -0.3 is 9.47 Å². The first kappa shape index (κ1) is 16.5. The van der Waals surface area contributed by atoms with E-state index >= 15 is 0 Å². The third-order valence-corrected chi connectivity index (χ3v) is 2.66. The third kappa shape index (κ3) is 5.19. The molecule has 1 heterocycles. The fraction of sp³-hybridized carbons (Fsp3) is 0.714. The lowest BCUT2D eigenvalue weighted by Gasteiger charge is -2.27. The van der Waals surface area contributed by atoms with E-state index in [0.717, 1.165) is 0 Å². The van der Waals surface area contributed by atoms with Crippen LogP contribution in [0.2, 0.25) is 0 Å². The van der Waals surface area contributed by atoms with E-state index in [1.165, 1.54) is 17.1 Å². The molecule has 0 N–H and O–H groups in total. The molecule has 0 bridgehead atoms. The van der Waals surface area contributed by atoms with E-state index < -0.39 is 29.9 Å². The summed E-state index contributed by atoms with van der Waals surface area (Å²) in [4.78, 5) is 24.5. The Morgan fingerprint density at radius 3 is 2.60 bits per heavy atom. The second-order valence-corrected chi connectivity index (χ2v) is 5.64. The van der Waals surface area contributed by atoms with Crippen molar-refractivity contribution in [2.75, 3.05) is 13.2 Å². The first-order valence-corrected chi connectivity index (χ1v) is 6.71. The minimum atomic E-state index is -1.11. The van der Waals surface area contributed by atoms with E-state index in [1.807, 2.05) is 0 Å². The van der Waals surface area contributed by atoms with Crippen molar-refractivity contribution in [2.24, 2.45) is 0 Å². The van der Waals surface area contributed by atoms with Crippen molar-refractivity contribution in [2.45, 2.75) is 51.9 Å². The number of ether oxygens (including phenoxy) is 2. The molecule has 2 atom stereocenters. The molecule has 6 heteroatoms. The van der Waals surface area contributed by atoms with Gasteiger partial charge in [-0.3, -0.25) is 4.90 Å². The summed E-state index contributed by atoms with van der Waals surface area (Å²) in [6, 6.07) is -0.482.